The summed E-state index contributed by atoms with van der Waals surface area (Å²) in [5.74, 6) is 0.762. The molecule has 2 aromatic rings. The lowest BCUT2D eigenvalue weighted by Gasteiger charge is -2.22. The summed E-state index contributed by atoms with van der Waals surface area (Å²) in [6.07, 6.45) is 3.82. The molecular weight excluding hydrogens is 266 g/mol. The van der Waals surface area contributed by atoms with Gasteiger partial charge in [-0.25, -0.2) is 4.98 Å². The van der Waals surface area contributed by atoms with E-state index in [4.69, 9.17) is 4.42 Å². The molecule has 0 unspecified atom stereocenters. The normalized spacial score (nSPS) is 18.8. The molecule has 0 bridgehead atoms. The molecular formula is C16H21N3O2. The number of amides is 1. The molecule has 112 valence electrons. The van der Waals surface area contributed by atoms with Crippen LogP contribution in [-0.4, -0.2) is 30.0 Å². The molecule has 1 fully saturated rings. The van der Waals surface area contributed by atoms with Crippen LogP contribution in [0.15, 0.2) is 22.6 Å². The molecule has 1 saturated heterocycles. The molecule has 5 heteroatoms. The first kappa shape index (κ1) is 14.1. The maximum atomic E-state index is 12.0. The SMILES string of the molecule is Cc1cccc2oc(CCNC(=O)[C@@H]3CCCCN3)nc12. The van der Waals surface area contributed by atoms with Gasteiger partial charge in [-0.1, -0.05) is 18.6 Å². The Labute approximate surface area is 124 Å². The van der Waals surface area contributed by atoms with Crippen LogP contribution in [0.3, 0.4) is 0 Å². The number of para-hydroxylation sites is 1. The van der Waals surface area contributed by atoms with Crippen LogP contribution in [0.1, 0.15) is 30.7 Å². The molecule has 5 nitrogen and oxygen atoms in total. The van der Waals surface area contributed by atoms with Crippen molar-refractivity contribution in [2.75, 3.05) is 13.1 Å². The summed E-state index contributed by atoms with van der Waals surface area (Å²) < 4.78 is 5.70. The van der Waals surface area contributed by atoms with Gasteiger partial charge in [0.15, 0.2) is 11.5 Å². The Morgan fingerprint density at radius 2 is 2.38 bits per heavy atom. The van der Waals surface area contributed by atoms with Gasteiger partial charge in [-0.15, -0.1) is 0 Å². The van der Waals surface area contributed by atoms with Crippen molar-refractivity contribution in [1.29, 1.82) is 0 Å². The summed E-state index contributed by atoms with van der Waals surface area (Å²) in [5, 5.41) is 6.20. The van der Waals surface area contributed by atoms with E-state index in [9.17, 15) is 4.79 Å². The second kappa shape index (κ2) is 6.26. The van der Waals surface area contributed by atoms with Crippen molar-refractivity contribution in [3.63, 3.8) is 0 Å². The Hall–Kier alpha value is -1.88. The standard InChI is InChI=1S/C16H21N3O2/c1-11-5-4-7-13-15(11)19-14(21-13)8-10-18-16(20)12-6-2-3-9-17-12/h4-5,7,12,17H,2-3,6,8-10H2,1H3,(H,18,20)/t12-/m0/s1. The number of aromatic nitrogens is 1. The first-order chi connectivity index (χ1) is 10.2. The van der Waals surface area contributed by atoms with E-state index < -0.39 is 0 Å². The van der Waals surface area contributed by atoms with Crippen LogP contribution < -0.4 is 10.6 Å². The summed E-state index contributed by atoms with van der Waals surface area (Å²) in [4.78, 5) is 16.5. The second-order valence-electron chi connectivity index (χ2n) is 5.57. The maximum Gasteiger partial charge on any atom is 0.237 e. The molecule has 1 aliphatic rings. The summed E-state index contributed by atoms with van der Waals surface area (Å²) in [6, 6.07) is 5.86. The molecule has 3 rings (SSSR count). The van der Waals surface area contributed by atoms with E-state index in [1.165, 1.54) is 0 Å². The monoisotopic (exact) mass is 287 g/mol. The molecule has 1 aromatic heterocycles. The van der Waals surface area contributed by atoms with Crippen LogP contribution in [0, 0.1) is 6.92 Å². The Morgan fingerprint density at radius 1 is 1.48 bits per heavy atom. The van der Waals surface area contributed by atoms with Gasteiger partial charge in [0.2, 0.25) is 5.91 Å². The third-order valence-corrected chi connectivity index (χ3v) is 3.93. The summed E-state index contributed by atoms with van der Waals surface area (Å²) in [6.45, 7) is 3.51. The summed E-state index contributed by atoms with van der Waals surface area (Å²) in [7, 11) is 0. The van der Waals surface area contributed by atoms with E-state index in [0.29, 0.717) is 18.9 Å². The lowest BCUT2D eigenvalue weighted by Crippen LogP contribution is -2.47. The van der Waals surface area contributed by atoms with E-state index in [2.05, 4.69) is 15.6 Å². The van der Waals surface area contributed by atoms with E-state index in [0.717, 1.165) is 42.5 Å². The van der Waals surface area contributed by atoms with Crippen molar-refractivity contribution in [3.05, 3.63) is 29.7 Å². The molecule has 1 aromatic carbocycles. The van der Waals surface area contributed by atoms with Crippen LogP contribution in [0.25, 0.3) is 11.1 Å². The average molecular weight is 287 g/mol. The van der Waals surface area contributed by atoms with Crippen molar-refractivity contribution in [2.24, 2.45) is 0 Å². The topological polar surface area (TPSA) is 67.2 Å². The summed E-state index contributed by atoms with van der Waals surface area (Å²) >= 11 is 0. The second-order valence-corrected chi connectivity index (χ2v) is 5.57. The largest absolute Gasteiger partial charge is 0.441 e. The Morgan fingerprint density at radius 3 is 3.14 bits per heavy atom. The van der Waals surface area contributed by atoms with Crippen LogP contribution in [0.2, 0.25) is 0 Å². The first-order valence-corrected chi connectivity index (χ1v) is 7.60. The highest BCUT2D eigenvalue weighted by Gasteiger charge is 2.19. The third-order valence-electron chi connectivity index (χ3n) is 3.93. The zero-order valence-electron chi connectivity index (χ0n) is 12.3. The predicted molar refractivity (Wildman–Crippen MR) is 81.1 cm³/mol. The number of piperidine rings is 1. The zero-order valence-corrected chi connectivity index (χ0v) is 12.3. The predicted octanol–water partition coefficient (Wildman–Crippen LogP) is 1.94. The van der Waals surface area contributed by atoms with Crippen LogP contribution >= 0.6 is 0 Å². The van der Waals surface area contributed by atoms with Gasteiger partial charge in [0.1, 0.15) is 5.52 Å². The number of hydrogen-bond donors (Lipinski definition) is 2. The van der Waals surface area contributed by atoms with Crippen LogP contribution in [-0.2, 0) is 11.2 Å². The maximum absolute atomic E-state index is 12.0. The van der Waals surface area contributed by atoms with E-state index in [1.807, 2.05) is 25.1 Å². The number of carbonyl (C=O) groups excluding carboxylic acids is 1. The molecule has 1 atom stereocenters. The van der Waals surface area contributed by atoms with Gasteiger partial charge in [-0.05, 0) is 37.9 Å². The molecule has 0 radical (unpaired) electrons. The lowest BCUT2D eigenvalue weighted by molar-refractivity contribution is -0.123. The molecule has 2 heterocycles. The van der Waals surface area contributed by atoms with E-state index >= 15 is 0 Å². The summed E-state index contributed by atoms with van der Waals surface area (Å²) in [5.41, 5.74) is 2.83. The minimum Gasteiger partial charge on any atom is -0.441 e. The highest BCUT2D eigenvalue weighted by Crippen LogP contribution is 2.18. The van der Waals surface area contributed by atoms with Crippen molar-refractivity contribution >= 4 is 17.0 Å². The number of aryl methyl sites for hydroxylation is 1. The Balaban J connectivity index is 1.54. The zero-order chi connectivity index (χ0) is 14.7. The van der Waals surface area contributed by atoms with Crippen molar-refractivity contribution in [1.82, 2.24) is 15.6 Å². The smallest absolute Gasteiger partial charge is 0.237 e. The van der Waals surface area contributed by atoms with Gasteiger partial charge < -0.3 is 15.1 Å². The fraction of sp³-hybridized carbons (Fsp3) is 0.500. The number of nitrogens with one attached hydrogen (secondary N) is 2. The molecule has 2 N–H and O–H groups in total. The average Bonchev–Trinajstić information content (AvgIpc) is 2.92. The van der Waals surface area contributed by atoms with Gasteiger partial charge in [0.25, 0.3) is 0 Å². The third kappa shape index (κ3) is 3.24. The quantitative estimate of drug-likeness (QED) is 0.902. The molecule has 1 aliphatic heterocycles. The van der Waals surface area contributed by atoms with Crippen molar-refractivity contribution < 1.29 is 9.21 Å². The van der Waals surface area contributed by atoms with Gasteiger partial charge in [0, 0.05) is 13.0 Å². The Bertz CT molecular complexity index is 629. The van der Waals surface area contributed by atoms with Gasteiger partial charge in [-0.3, -0.25) is 4.79 Å². The number of benzene rings is 1. The van der Waals surface area contributed by atoms with Crippen molar-refractivity contribution in [2.45, 2.75) is 38.6 Å². The lowest BCUT2D eigenvalue weighted by atomic mass is 10.0. The van der Waals surface area contributed by atoms with Gasteiger partial charge in [0.05, 0.1) is 6.04 Å². The van der Waals surface area contributed by atoms with Crippen molar-refractivity contribution in [3.8, 4) is 0 Å². The van der Waals surface area contributed by atoms with Gasteiger partial charge >= 0.3 is 0 Å². The van der Waals surface area contributed by atoms with Gasteiger partial charge in [-0.2, -0.15) is 0 Å². The van der Waals surface area contributed by atoms with E-state index in [-0.39, 0.29) is 11.9 Å². The molecule has 1 amide bonds. The minimum atomic E-state index is -0.0374. The van der Waals surface area contributed by atoms with E-state index in [1.54, 1.807) is 0 Å². The number of hydrogen-bond acceptors (Lipinski definition) is 4. The molecule has 0 spiro atoms. The number of carbonyl (C=O) groups is 1. The van der Waals surface area contributed by atoms with Crippen LogP contribution in [0.4, 0.5) is 0 Å². The first-order valence-electron chi connectivity index (χ1n) is 7.60. The number of rotatable bonds is 4. The highest BCUT2D eigenvalue weighted by molar-refractivity contribution is 5.81. The molecule has 0 aliphatic carbocycles. The minimum absolute atomic E-state index is 0.0374. The van der Waals surface area contributed by atoms with Crippen LogP contribution in [0.5, 0.6) is 0 Å². The molecule has 21 heavy (non-hydrogen) atoms. The number of nitrogens with zero attached hydrogens (tertiary/aromatic N) is 1. The fourth-order valence-corrected chi connectivity index (χ4v) is 2.73. The number of oxazole rings is 1. The highest BCUT2D eigenvalue weighted by atomic mass is 16.3. The Kier molecular flexibility index (Phi) is 4.20. The number of fused-ring (bicyclic) bond motifs is 1. The fourth-order valence-electron chi connectivity index (χ4n) is 2.73. The molecule has 0 saturated carbocycles.